The third kappa shape index (κ3) is 2.93. The molecule has 1 fully saturated rings. The zero-order valence-corrected chi connectivity index (χ0v) is 14.3. The lowest BCUT2D eigenvalue weighted by atomic mass is 10.0. The minimum Gasteiger partial charge on any atom is -0.383 e. The van der Waals surface area contributed by atoms with Gasteiger partial charge in [0.25, 0.3) is 0 Å². The first-order valence-electron chi connectivity index (χ1n) is 8.46. The van der Waals surface area contributed by atoms with E-state index in [1.165, 1.54) is 0 Å². The fraction of sp³-hybridized carbons (Fsp3) is 0.250. The summed E-state index contributed by atoms with van der Waals surface area (Å²) >= 11 is 0. The van der Waals surface area contributed by atoms with E-state index in [4.69, 9.17) is 5.73 Å². The van der Waals surface area contributed by atoms with Crippen LogP contribution in [0, 0.1) is 18.8 Å². The second-order valence-electron chi connectivity index (χ2n) is 6.81. The van der Waals surface area contributed by atoms with E-state index in [1.807, 2.05) is 43.3 Å². The number of nitrogens with zero attached hydrogens (tertiary/aromatic N) is 2. The minimum atomic E-state index is 0.0421. The van der Waals surface area contributed by atoms with Gasteiger partial charge in [-0.2, -0.15) is 0 Å². The van der Waals surface area contributed by atoms with Crippen LogP contribution in [-0.4, -0.2) is 15.9 Å². The smallest absolute Gasteiger partial charge is 0.228 e. The molecule has 3 aromatic rings. The quantitative estimate of drug-likeness (QED) is 0.765. The van der Waals surface area contributed by atoms with Gasteiger partial charge in [-0.3, -0.25) is 4.79 Å². The number of carbonyl (C=O) groups is 1. The molecule has 0 spiro atoms. The average molecular weight is 332 g/mol. The zero-order valence-electron chi connectivity index (χ0n) is 14.3. The number of pyridine rings is 2. The molecule has 5 nitrogen and oxygen atoms in total. The molecule has 2 heterocycles. The van der Waals surface area contributed by atoms with Crippen LogP contribution in [0.4, 0.5) is 11.6 Å². The van der Waals surface area contributed by atoms with Crippen LogP contribution in [0.25, 0.3) is 22.0 Å². The van der Waals surface area contributed by atoms with Crippen molar-refractivity contribution in [2.45, 2.75) is 20.3 Å². The van der Waals surface area contributed by atoms with Crippen molar-refractivity contribution in [3.05, 3.63) is 48.2 Å². The SMILES string of the molecule is Cc1ccccc1-c1cc2cc(NC(=O)[C@H]3C[C@@H]3C)ncc2c(N)n1. The van der Waals surface area contributed by atoms with Crippen molar-refractivity contribution >= 4 is 28.3 Å². The maximum atomic E-state index is 12.1. The van der Waals surface area contributed by atoms with Crippen LogP contribution in [0.2, 0.25) is 0 Å². The van der Waals surface area contributed by atoms with Gasteiger partial charge in [0.05, 0.1) is 5.69 Å². The number of rotatable bonds is 3. The molecule has 1 aliphatic carbocycles. The Morgan fingerprint density at radius 3 is 2.76 bits per heavy atom. The lowest BCUT2D eigenvalue weighted by Gasteiger charge is -2.10. The molecule has 1 aromatic carbocycles. The molecule has 1 saturated carbocycles. The summed E-state index contributed by atoms with van der Waals surface area (Å²) in [4.78, 5) is 21.0. The molecular formula is C20H20N4O. The van der Waals surface area contributed by atoms with Crippen molar-refractivity contribution in [3.8, 4) is 11.3 Å². The summed E-state index contributed by atoms with van der Waals surface area (Å²) in [5, 5.41) is 4.61. The predicted octanol–water partition coefficient (Wildman–Crippen LogP) is 3.78. The Morgan fingerprint density at radius 1 is 1.28 bits per heavy atom. The molecule has 0 radical (unpaired) electrons. The second kappa shape index (κ2) is 5.84. The lowest BCUT2D eigenvalue weighted by Crippen LogP contribution is -2.15. The highest BCUT2D eigenvalue weighted by atomic mass is 16.2. The van der Waals surface area contributed by atoms with Crippen molar-refractivity contribution in [2.75, 3.05) is 11.1 Å². The van der Waals surface area contributed by atoms with Crippen LogP contribution in [0.5, 0.6) is 0 Å². The van der Waals surface area contributed by atoms with Crippen LogP contribution in [0.3, 0.4) is 0 Å². The summed E-state index contributed by atoms with van der Waals surface area (Å²) in [7, 11) is 0. The van der Waals surface area contributed by atoms with E-state index in [0.717, 1.165) is 34.0 Å². The van der Waals surface area contributed by atoms with E-state index >= 15 is 0 Å². The van der Waals surface area contributed by atoms with E-state index in [-0.39, 0.29) is 11.8 Å². The van der Waals surface area contributed by atoms with E-state index in [2.05, 4.69) is 22.2 Å². The molecular weight excluding hydrogens is 312 g/mol. The van der Waals surface area contributed by atoms with Crippen LogP contribution in [0.15, 0.2) is 42.6 Å². The Labute approximate surface area is 146 Å². The number of benzene rings is 1. The van der Waals surface area contributed by atoms with Gasteiger partial charge in [0, 0.05) is 23.1 Å². The summed E-state index contributed by atoms with van der Waals surface area (Å²) in [5.74, 6) is 1.62. The average Bonchev–Trinajstić information content (AvgIpc) is 3.32. The number of hydrogen-bond acceptors (Lipinski definition) is 4. The molecule has 5 heteroatoms. The van der Waals surface area contributed by atoms with Gasteiger partial charge in [0.15, 0.2) is 0 Å². The molecule has 0 saturated heterocycles. The number of aryl methyl sites for hydroxylation is 1. The maximum absolute atomic E-state index is 12.1. The Kier molecular flexibility index (Phi) is 3.64. The fourth-order valence-electron chi connectivity index (χ4n) is 3.15. The standard InChI is InChI=1S/C20H20N4O/c1-11-5-3-4-6-14(11)17-8-13-9-18(22-10-16(13)19(21)23-17)24-20(25)15-7-12(15)2/h3-6,8-10,12,15H,7H2,1-2H3,(H2,21,23)(H,22,24,25)/t12-,15-/m0/s1. The first kappa shape index (κ1) is 15.6. The van der Waals surface area contributed by atoms with Gasteiger partial charge in [-0.05, 0) is 42.3 Å². The fourth-order valence-corrected chi connectivity index (χ4v) is 3.15. The first-order chi connectivity index (χ1) is 12.0. The molecule has 0 unspecified atom stereocenters. The molecule has 1 aliphatic rings. The van der Waals surface area contributed by atoms with Crippen LogP contribution in [-0.2, 0) is 4.79 Å². The van der Waals surface area contributed by atoms with Crippen LogP contribution < -0.4 is 11.1 Å². The molecule has 2 atom stereocenters. The number of anilines is 2. The first-order valence-corrected chi connectivity index (χ1v) is 8.46. The van der Waals surface area contributed by atoms with Gasteiger partial charge in [0.2, 0.25) is 5.91 Å². The van der Waals surface area contributed by atoms with E-state index < -0.39 is 0 Å². The third-order valence-electron chi connectivity index (χ3n) is 4.86. The van der Waals surface area contributed by atoms with Crippen molar-refractivity contribution < 1.29 is 4.79 Å². The number of nitrogens with one attached hydrogen (secondary N) is 1. The third-order valence-corrected chi connectivity index (χ3v) is 4.86. The minimum absolute atomic E-state index is 0.0421. The summed E-state index contributed by atoms with van der Waals surface area (Å²) in [6.45, 7) is 4.13. The molecule has 25 heavy (non-hydrogen) atoms. The lowest BCUT2D eigenvalue weighted by molar-refractivity contribution is -0.117. The Balaban J connectivity index is 1.73. The summed E-state index contributed by atoms with van der Waals surface area (Å²) in [5.41, 5.74) is 9.14. The second-order valence-corrected chi connectivity index (χ2v) is 6.81. The van der Waals surface area contributed by atoms with Gasteiger partial charge in [-0.25, -0.2) is 9.97 Å². The van der Waals surface area contributed by atoms with Gasteiger partial charge in [0.1, 0.15) is 11.6 Å². The van der Waals surface area contributed by atoms with Crippen LogP contribution in [0.1, 0.15) is 18.9 Å². The van der Waals surface area contributed by atoms with Gasteiger partial charge < -0.3 is 11.1 Å². The van der Waals surface area contributed by atoms with E-state index in [0.29, 0.717) is 17.6 Å². The summed E-state index contributed by atoms with van der Waals surface area (Å²) in [6, 6.07) is 11.9. The molecule has 2 aromatic heterocycles. The van der Waals surface area contributed by atoms with E-state index in [9.17, 15) is 4.79 Å². The number of hydrogen-bond donors (Lipinski definition) is 2. The molecule has 126 valence electrons. The van der Waals surface area contributed by atoms with Crippen LogP contribution >= 0.6 is 0 Å². The number of aromatic nitrogens is 2. The summed E-state index contributed by atoms with van der Waals surface area (Å²) < 4.78 is 0. The molecule has 0 bridgehead atoms. The largest absolute Gasteiger partial charge is 0.383 e. The molecule has 3 N–H and O–H groups in total. The number of carbonyl (C=O) groups excluding carboxylic acids is 1. The highest BCUT2D eigenvalue weighted by molar-refractivity contribution is 5.98. The predicted molar refractivity (Wildman–Crippen MR) is 100 cm³/mol. The molecule has 4 rings (SSSR count). The van der Waals surface area contributed by atoms with Crippen molar-refractivity contribution in [3.63, 3.8) is 0 Å². The normalized spacial score (nSPS) is 19.0. The van der Waals surface area contributed by atoms with Gasteiger partial charge in [-0.1, -0.05) is 31.2 Å². The molecule has 1 amide bonds. The Hall–Kier alpha value is -2.95. The maximum Gasteiger partial charge on any atom is 0.228 e. The number of nitrogen functional groups attached to an aromatic ring is 1. The van der Waals surface area contributed by atoms with Crippen molar-refractivity contribution in [1.82, 2.24) is 9.97 Å². The monoisotopic (exact) mass is 332 g/mol. The topological polar surface area (TPSA) is 80.9 Å². The number of nitrogens with two attached hydrogens (primary N) is 1. The number of fused-ring (bicyclic) bond motifs is 1. The molecule has 0 aliphatic heterocycles. The van der Waals surface area contributed by atoms with Crippen molar-refractivity contribution in [1.29, 1.82) is 0 Å². The Morgan fingerprint density at radius 2 is 2.04 bits per heavy atom. The Bertz CT molecular complexity index is 983. The highest BCUT2D eigenvalue weighted by Crippen LogP contribution is 2.38. The van der Waals surface area contributed by atoms with Crippen molar-refractivity contribution in [2.24, 2.45) is 11.8 Å². The van der Waals surface area contributed by atoms with Gasteiger partial charge >= 0.3 is 0 Å². The summed E-state index contributed by atoms with van der Waals surface area (Å²) in [6.07, 6.45) is 2.62. The number of amides is 1. The zero-order chi connectivity index (χ0) is 17.6. The van der Waals surface area contributed by atoms with E-state index in [1.54, 1.807) is 6.20 Å². The highest BCUT2D eigenvalue weighted by Gasteiger charge is 2.39. The van der Waals surface area contributed by atoms with Gasteiger partial charge in [-0.15, -0.1) is 0 Å².